The van der Waals surface area contributed by atoms with Gasteiger partial charge in [-0.1, -0.05) is 121 Å². The molecule has 0 aliphatic rings. The Labute approximate surface area is 258 Å². The van der Waals surface area contributed by atoms with Gasteiger partial charge in [0.2, 0.25) is 23.6 Å². The molecule has 0 heterocycles. The smallest absolute Gasteiger partial charge is 0.224 e. The summed E-state index contributed by atoms with van der Waals surface area (Å²) in [6.07, 6.45) is -0.522. The van der Waals surface area contributed by atoms with Gasteiger partial charge in [0.15, 0.2) is 0 Å². The molecular weight excluding hydrogens is 552 g/mol. The fourth-order valence-electron chi connectivity index (χ4n) is 4.80. The van der Waals surface area contributed by atoms with Crippen LogP contribution in [0.5, 0.6) is 0 Å². The van der Waals surface area contributed by atoms with E-state index in [1.165, 1.54) is 0 Å². The van der Waals surface area contributed by atoms with Crippen LogP contribution in [-0.4, -0.2) is 23.6 Å². The van der Waals surface area contributed by atoms with E-state index in [0.29, 0.717) is 0 Å². The van der Waals surface area contributed by atoms with E-state index >= 15 is 0 Å². The zero-order valence-corrected chi connectivity index (χ0v) is 24.6. The standard InChI is InChI=1S/C36H38N4O4/c41-33(37-23-27-13-5-1-6-14-27)21-31(35(43)39-25-29-17-9-3-10-18-29)32(36(44)40-26-30-19-11-4-12-20-30)22-34(42)38-24-28-15-7-2-8-16-28/h1-20,31-32H,21-26H2,(H,37,41)(H,38,42)(H,39,43)(H,40,44). The minimum absolute atomic E-state index is 0.223. The molecule has 4 aromatic rings. The van der Waals surface area contributed by atoms with Gasteiger partial charge in [-0.25, -0.2) is 0 Å². The van der Waals surface area contributed by atoms with Crippen molar-refractivity contribution in [1.29, 1.82) is 0 Å². The molecule has 44 heavy (non-hydrogen) atoms. The molecule has 4 rings (SSSR count). The van der Waals surface area contributed by atoms with Gasteiger partial charge in [-0.15, -0.1) is 0 Å². The zero-order chi connectivity index (χ0) is 31.0. The van der Waals surface area contributed by atoms with Crippen molar-refractivity contribution in [3.63, 3.8) is 0 Å². The molecule has 0 bridgehead atoms. The van der Waals surface area contributed by atoms with Gasteiger partial charge >= 0.3 is 0 Å². The number of nitrogens with one attached hydrogen (secondary N) is 4. The lowest BCUT2D eigenvalue weighted by Crippen LogP contribution is -2.45. The second-order valence-electron chi connectivity index (χ2n) is 10.6. The van der Waals surface area contributed by atoms with Crippen molar-refractivity contribution in [2.45, 2.75) is 39.0 Å². The normalized spacial score (nSPS) is 11.9. The molecule has 0 fully saturated rings. The number of carbonyl (C=O) groups excluding carboxylic acids is 4. The van der Waals surface area contributed by atoms with Gasteiger partial charge in [-0.3, -0.25) is 19.2 Å². The highest BCUT2D eigenvalue weighted by Crippen LogP contribution is 2.22. The van der Waals surface area contributed by atoms with Crippen LogP contribution in [0.3, 0.4) is 0 Å². The lowest BCUT2D eigenvalue weighted by atomic mass is 9.84. The number of hydrogen-bond acceptors (Lipinski definition) is 4. The number of carbonyl (C=O) groups is 4. The summed E-state index contributed by atoms with van der Waals surface area (Å²) < 4.78 is 0. The van der Waals surface area contributed by atoms with E-state index < -0.39 is 23.7 Å². The third-order valence-electron chi connectivity index (χ3n) is 7.25. The van der Waals surface area contributed by atoms with Crippen LogP contribution < -0.4 is 21.3 Å². The van der Waals surface area contributed by atoms with Gasteiger partial charge in [0.05, 0.1) is 11.8 Å². The Kier molecular flexibility index (Phi) is 12.3. The molecule has 8 heteroatoms. The molecule has 8 nitrogen and oxygen atoms in total. The van der Waals surface area contributed by atoms with Crippen LogP contribution >= 0.6 is 0 Å². The van der Waals surface area contributed by atoms with Crippen molar-refractivity contribution in [3.05, 3.63) is 144 Å². The Bertz CT molecular complexity index is 1370. The second-order valence-corrected chi connectivity index (χ2v) is 10.6. The first-order chi connectivity index (χ1) is 21.5. The lowest BCUT2D eigenvalue weighted by Gasteiger charge is -2.25. The molecule has 0 saturated carbocycles. The topological polar surface area (TPSA) is 116 Å². The summed E-state index contributed by atoms with van der Waals surface area (Å²) in [5, 5.41) is 11.5. The Hall–Kier alpha value is -5.24. The SMILES string of the molecule is O=C(CC(C(=O)NCc1ccccc1)C(CC(=O)NCc1ccccc1)C(=O)NCc1ccccc1)NCc1ccccc1. The Balaban J connectivity index is 1.53. The molecule has 0 spiro atoms. The monoisotopic (exact) mass is 590 g/mol. The van der Waals surface area contributed by atoms with E-state index in [-0.39, 0.29) is 50.8 Å². The van der Waals surface area contributed by atoms with E-state index in [2.05, 4.69) is 21.3 Å². The Morgan fingerprint density at radius 3 is 0.909 bits per heavy atom. The fourth-order valence-corrected chi connectivity index (χ4v) is 4.80. The maximum absolute atomic E-state index is 13.7. The van der Waals surface area contributed by atoms with E-state index in [0.717, 1.165) is 22.3 Å². The zero-order valence-electron chi connectivity index (χ0n) is 24.6. The molecule has 2 atom stereocenters. The average Bonchev–Trinajstić information content (AvgIpc) is 3.07. The fraction of sp³-hybridized carbons (Fsp3) is 0.222. The molecule has 0 aliphatic carbocycles. The lowest BCUT2D eigenvalue weighted by molar-refractivity contribution is -0.140. The van der Waals surface area contributed by atoms with Gasteiger partial charge in [-0.05, 0) is 22.3 Å². The first-order valence-corrected chi connectivity index (χ1v) is 14.7. The Morgan fingerprint density at radius 1 is 0.386 bits per heavy atom. The Morgan fingerprint density at radius 2 is 0.636 bits per heavy atom. The highest BCUT2D eigenvalue weighted by molar-refractivity contribution is 5.94. The number of hydrogen-bond donors (Lipinski definition) is 4. The van der Waals surface area contributed by atoms with E-state index in [4.69, 9.17) is 0 Å². The molecule has 2 unspecified atom stereocenters. The third kappa shape index (κ3) is 10.5. The molecular formula is C36H38N4O4. The summed E-state index contributed by atoms with van der Waals surface area (Å²) >= 11 is 0. The molecule has 4 aromatic carbocycles. The summed E-state index contributed by atoms with van der Waals surface area (Å²) in [4.78, 5) is 53.8. The third-order valence-corrected chi connectivity index (χ3v) is 7.25. The van der Waals surface area contributed by atoms with E-state index in [1.54, 1.807) is 0 Å². The predicted octanol–water partition coefficient (Wildman–Crippen LogP) is 4.26. The van der Waals surface area contributed by atoms with Crippen LogP contribution in [0.4, 0.5) is 0 Å². The van der Waals surface area contributed by atoms with Crippen molar-refractivity contribution >= 4 is 23.6 Å². The summed E-state index contributed by atoms with van der Waals surface area (Å²) in [5.74, 6) is -3.90. The van der Waals surface area contributed by atoms with Crippen molar-refractivity contribution < 1.29 is 19.2 Å². The van der Waals surface area contributed by atoms with Crippen LogP contribution in [0, 0.1) is 11.8 Å². The van der Waals surface area contributed by atoms with Crippen molar-refractivity contribution in [2.24, 2.45) is 11.8 Å². The van der Waals surface area contributed by atoms with Gasteiger partial charge in [0.1, 0.15) is 0 Å². The quantitative estimate of drug-likeness (QED) is 0.166. The highest BCUT2D eigenvalue weighted by Gasteiger charge is 2.37. The van der Waals surface area contributed by atoms with Crippen LogP contribution in [0.15, 0.2) is 121 Å². The maximum Gasteiger partial charge on any atom is 0.224 e. The molecule has 0 aromatic heterocycles. The van der Waals surface area contributed by atoms with Gasteiger partial charge in [0.25, 0.3) is 0 Å². The molecule has 0 aliphatic heterocycles. The minimum Gasteiger partial charge on any atom is -0.352 e. The molecule has 226 valence electrons. The maximum atomic E-state index is 13.7. The molecule has 4 amide bonds. The summed E-state index contributed by atoms with van der Waals surface area (Å²) in [5.41, 5.74) is 3.56. The van der Waals surface area contributed by atoms with Crippen molar-refractivity contribution in [2.75, 3.05) is 0 Å². The number of rotatable bonds is 15. The predicted molar refractivity (Wildman–Crippen MR) is 169 cm³/mol. The van der Waals surface area contributed by atoms with Crippen molar-refractivity contribution in [3.8, 4) is 0 Å². The van der Waals surface area contributed by atoms with E-state index in [9.17, 15) is 19.2 Å². The van der Waals surface area contributed by atoms with Crippen LogP contribution in [0.1, 0.15) is 35.1 Å². The van der Waals surface area contributed by atoms with Gasteiger partial charge in [0, 0.05) is 39.0 Å². The van der Waals surface area contributed by atoms with Gasteiger partial charge in [-0.2, -0.15) is 0 Å². The van der Waals surface area contributed by atoms with Crippen LogP contribution in [0.25, 0.3) is 0 Å². The summed E-state index contributed by atoms with van der Waals surface area (Å²) in [7, 11) is 0. The largest absolute Gasteiger partial charge is 0.352 e. The minimum atomic E-state index is -1.09. The first-order valence-electron chi connectivity index (χ1n) is 14.7. The highest BCUT2D eigenvalue weighted by atomic mass is 16.2. The number of amides is 4. The van der Waals surface area contributed by atoms with Crippen LogP contribution in [-0.2, 0) is 45.4 Å². The first kappa shape index (κ1) is 31.7. The molecule has 4 N–H and O–H groups in total. The van der Waals surface area contributed by atoms with Gasteiger partial charge < -0.3 is 21.3 Å². The molecule has 0 saturated heterocycles. The summed E-state index contributed by atoms with van der Waals surface area (Å²) in [6, 6.07) is 37.6. The summed E-state index contributed by atoms with van der Waals surface area (Å²) in [6.45, 7) is 1.00. The van der Waals surface area contributed by atoms with Crippen LogP contribution in [0.2, 0.25) is 0 Å². The van der Waals surface area contributed by atoms with E-state index in [1.807, 2.05) is 121 Å². The number of benzene rings is 4. The average molecular weight is 591 g/mol. The second kappa shape index (κ2) is 17.0. The van der Waals surface area contributed by atoms with Crippen molar-refractivity contribution in [1.82, 2.24) is 21.3 Å². The molecule has 0 radical (unpaired) electrons.